The number of furan rings is 1. The Balaban J connectivity index is 1.73. The Morgan fingerprint density at radius 3 is 2.42 bits per heavy atom. The molecule has 0 aliphatic rings. The second-order valence-corrected chi connectivity index (χ2v) is 7.29. The molecular weight excluding hydrogens is 448 g/mol. The minimum absolute atomic E-state index is 0.236. The van der Waals surface area contributed by atoms with Crippen molar-refractivity contribution in [3.63, 3.8) is 0 Å². The largest absolute Gasteiger partial charge is 0.493 e. The van der Waals surface area contributed by atoms with Crippen LogP contribution < -0.4 is 19.5 Å². The van der Waals surface area contributed by atoms with Crippen molar-refractivity contribution in [1.29, 1.82) is 0 Å². The molecule has 0 spiro atoms. The molecule has 10 heteroatoms. The van der Waals surface area contributed by atoms with Gasteiger partial charge in [-0.15, -0.1) is 5.10 Å². The number of nitrogens with one attached hydrogen (secondary N) is 1. The van der Waals surface area contributed by atoms with Crippen molar-refractivity contribution in [2.24, 2.45) is 0 Å². The van der Waals surface area contributed by atoms with E-state index in [1.165, 1.54) is 32.3 Å². The van der Waals surface area contributed by atoms with Crippen LogP contribution in [0.4, 0.5) is 5.95 Å². The van der Waals surface area contributed by atoms with E-state index in [4.69, 9.17) is 30.2 Å². The van der Waals surface area contributed by atoms with Crippen molar-refractivity contribution in [3.05, 3.63) is 70.9 Å². The van der Waals surface area contributed by atoms with Crippen LogP contribution in [-0.4, -0.2) is 42.0 Å². The summed E-state index contributed by atoms with van der Waals surface area (Å²) in [6, 6.07) is 13.9. The molecule has 2 aromatic heterocycles. The number of ether oxygens (including phenoxy) is 3. The second-order valence-electron chi connectivity index (χ2n) is 6.85. The van der Waals surface area contributed by atoms with Crippen LogP contribution in [0.1, 0.15) is 15.9 Å². The molecule has 4 rings (SSSR count). The predicted molar refractivity (Wildman–Crippen MR) is 122 cm³/mol. The third-order valence-corrected chi connectivity index (χ3v) is 5.03. The monoisotopic (exact) mass is 468 g/mol. The van der Waals surface area contributed by atoms with Gasteiger partial charge in [-0.05, 0) is 42.0 Å². The summed E-state index contributed by atoms with van der Waals surface area (Å²) >= 11 is 6.08. The highest BCUT2D eigenvalue weighted by atomic mass is 35.5. The van der Waals surface area contributed by atoms with Gasteiger partial charge in [0.15, 0.2) is 17.3 Å². The zero-order valence-corrected chi connectivity index (χ0v) is 18.9. The number of benzene rings is 2. The molecule has 4 aromatic rings. The molecule has 0 saturated heterocycles. The number of hydrogen-bond donors (Lipinski definition) is 1. The summed E-state index contributed by atoms with van der Waals surface area (Å²) in [4.78, 5) is 17.9. The van der Waals surface area contributed by atoms with Gasteiger partial charge in [-0.25, -0.2) is 0 Å². The molecule has 33 heavy (non-hydrogen) atoms. The van der Waals surface area contributed by atoms with Crippen LogP contribution in [0.5, 0.6) is 17.2 Å². The van der Waals surface area contributed by atoms with Gasteiger partial charge < -0.3 is 23.9 Å². The van der Waals surface area contributed by atoms with Gasteiger partial charge >= 0.3 is 0 Å². The molecule has 0 bridgehead atoms. The van der Waals surface area contributed by atoms with Crippen molar-refractivity contribution in [3.8, 4) is 28.8 Å². The maximum atomic E-state index is 13.5. The Morgan fingerprint density at radius 1 is 1.06 bits per heavy atom. The van der Waals surface area contributed by atoms with E-state index >= 15 is 0 Å². The van der Waals surface area contributed by atoms with E-state index < -0.39 is 5.91 Å². The fraction of sp³-hybridized carbons (Fsp3) is 0.174. The number of aromatic nitrogens is 3. The van der Waals surface area contributed by atoms with E-state index in [2.05, 4.69) is 15.4 Å². The molecule has 0 aliphatic heterocycles. The number of methoxy groups -OCH3 is 3. The average molecular weight is 469 g/mol. The first-order chi connectivity index (χ1) is 16.0. The predicted octanol–water partition coefficient (Wildman–Crippen LogP) is 4.52. The van der Waals surface area contributed by atoms with E-state index in [-0.39, 0.29) is 17.3 Å². The Bertz CT molecular complexity index is 1240. The van der Waals surface area contributed by atoms with Crippen molar-refractivity contribution in [1.82, 2.24) is 14.8 Å². The molecule has 9 nitrogen and oxygen atoms in total. The lowest BCUT2D eigenvalue weighted by atomic mass is 10.1. The quantitative estimate of drug-likeness (QED) is 0.403. The van der Waals surface area contributed by atoms with E-state index in [9.17, 15) is 4.79 Å². The van der Waals surface area contributed by atoms with Gasteiger partial charge in [0.05, 0.1) is 27.6 Å². The van der Waals surface area contributed by atoms with E-state index in [0.29, 0.717) is 34.6 Å². The fourth-order valence-corrected chi connectivity index (χ4v) is 3.45. The lowest BCUT2D eigenvalue weighted by molar-refractivity contribution is 0.0946. The highest BCUT2D eigenvalue weighted by Gasteiger charge is 2.23. The molecule has 2 aromatic carbocycles. The van der Waals surface area contributed by atoms with Gasteiger partial charge in [0.1, 0.15) is 0 Å². The molecule has 0 atom stereocenters. The van der Waals surface area contributed by atoms with Crippen LogP contribution >= 0.6 is 11.6 Å². The summed E-state index contributed by atoms with van der Waals surface area (Å²) in [5.74, 6) is 1.55. The van der Waals surface area contributed by atoms with Crippen LogP contribution in [0.15, 0.2) is 59.2 Å². The summed E-state index contributed by atoms with van der Waals surface area (Å²) in [7, 11) is 4.45. The molecule has 0 saturated carbocycles. The molecule has 0 fully saturated rings. The molecule has 2 heterocycles. The first kappa shape index (κ1) is 22.2. The van der Waals surface area contributed by atoms with Crippen LogP contribution in [0, 0.1) is 0 Å². The number of carbonyl (C=O) groups is 1. The average Bonchev–Trinajstić information content (AvgIpc) is 3.51. The van der Waals surface area contributed by atoms with Crippen LogP contribution in [0.3, 0.4) is 0 Å². The minimum Gasteiger partial charge on any atom is -0.493 e. The summed E-state index contributed by atoms with van der Waals surface area (Å²) in [5, 5.41) is 8.14. The molecule has 0 amide bonds. The Hall–Kier alpha value is -3.98. The Kier molecular flexibility index (Phi) is 6.50. The zero-order chi connectivity index (χ0) is 23.4. The summed E-state index contributed by atoms with van der Waals surface area (Å²) in [5.41, 5.74) is 1.18. The van der Waals surface area contributed by atoms with Crippen LogP contribution in [0.25, 0.3) is 11.6 Å². The van der Waals surface area contributed by atoms with Crippen molar-refractivity contribution < 1.29 is 23.4 Å². The number of anilines is 1. The minimum atomic E-state index is -0.451. The van der Waals surface area contributed by atoms with E-state index in [1.54, 1.807) is 30.3 Å². The van der Waals surface area contributed by atoms with Crippen molar-refractivity contribution in [2.75, 3.05) is 26.6 Å². The van der Waals surface area contributed by atoms with E-state index in [1.807, 2.05) is 18.2 Å². The Labute approximate surface area is 194 Å². The maximum absolute atomic E-state index is 13.5. The molecular formula is C23H21ClN4O5. The van der Waals surface area contributed by atoms with Gasteiger partial charge in [-0.1, -0.05) is 23.7 Å². The molecule has 0 aliphatic carbocycles. The number of hydrogen-bond acceptors (Lipinski definition) is 8. The maximum Gasteiger partial charge on any atom is 0.281 e. The summed E-state index contributed by atoms with van der Waals surface area (Å²) in [6.45, 7) is 0.374. The normalized spacial score (nSPS) is 10.7. The molecule has 0 unspecified atom stereocenters. The van der Waals surface area contributed by atoms with Gasteiger partial charge in [0, 0.05) is 17.1 Å². The number of nitrogens with zero attached hydrogens (tertiary/aromatic N) is 3. The molecule has 170 valence electrons. The highest BCUT2D eigenvalue weighted by molar-refractivity contribution is 6.30. The van der Waals surface area contributed by atoms with Crippen LogP contribution in [-0.2, 0) is 6.54 Å². The third-order valence-electron chi connectivity index (χ3n) is 4.79. The second kappa shape index (κ2) is 9.66. The molecule has 1 N–H and O–H groups in total. The zero-order valence-electron chi connectivity index (χ0n) is 18.2. The first-order valence-corrected chi connectivity index (χ1v) is 10.3. The Morgan fingerprint density at radius 2 is 1.82 bits per heavy atom. The SMILES string of the molecule is COc1cc(C(=O)n2nc(-c3ccco3)nc2NCc2cccc(Cl)c2)cc(OC)c1OC. The lowest BCUT2D eigenvalue weighted by Gasteiger charge is -2.14. The van der Waals surface area contributed by atoms with Gasteiger partial charge in [0.2, 0.25) is 17.5 Å². The van der Waals surface area contributed by atoms with Gasteiger partial charge in [-0.3, -0.25) is 4.79 Å². The summed E-state index contributed by atoms with van der Waals surface area (Å²) in [6.07, 6.45) is 1.51. The number of halogens is 1. The topological polar surface area (TPSA) is 101 Å². The van der Waals surface area contributed by atoms with Crippen molar-refractivity contribution in [2.45, 2.75) is 6.54 Å². The van der Waals surface area contributed by atoms with E-state index in [0.717, 1.165) is 5.56 Å². The molecule has 0 radical (unpaired) electrons. The third kappa shape index (κ3) is 4.63. The number of rotatable bonds is 8. The first-order valence-electron chi connectivity index (χ1n) is 9.88. The fourth-order valence-electron chi connectivity index (χ4n) is 3.23. The standard InChI is InChI=1S/C23H21ClN4O5/c1-30-18-11-15(12-19(31-2)20(18)32-3)22(29)28-23(25-13-14-6-4-7-16(24)10-14)26-21(27-28)17-8-5-9-33-17/h4-12H,13H2,1-3H3,(H,25,26,27). The highest BCUT2D eigenvalue weighted by Crippen LogP contribution is 2.38. The number of carbonyl (C=O) groups excluding carboxylic acids is 1. The summed E-state index contributed by atoms with van der Waals surface area (Å²) < 4.78 is 22.7. The smallest absolute Gasteiger partial charge is 0.281 e. The lowest BCUT2D eigenvalue weighted by Crippen LogP contribution is -2.18. The van der Waals surface area contributed by atoms with Gasteiger partial charge in [0.25, 0.3) is 5.91 Å². The van der Waals surface area contributed by atoms with Gasteiger partial charge in [-0.2, -0.15) is 9.67 Å². The van der Waals surface area contributed by atoms with Crippen molar-refractivity contribution >= 4 is 23.5 Å². The van der Waals surface area contributed by atoms with Crippen LogP contribution in [0.2, 0.25) is 5.02 Å².